The number of fused-ring (bicyclic) bond motifs is 3. The number of hydrogen-bond donors (Lipinski definition) is 2. The lowest BCUT2D eigenvalue weighted by molar-refractivity contribution is 0.119. The van der Waals surface area contributed by atoms with Gasteiger partial charge >= 0.3 is 0 Å². The predicted octanol–water partition coefficient (Wildman–Crippen LogP) is 5.80. The molecule has 0 unspecified atom stereocenters. The number of nitrogens with two attached hydrogens (primary N) is 1. The molecule has 0 bridgehead atoms. The maximum atomic E-state index is 15.7. The number of halogens is 3. The van der Waals surface area contributed by atoms with Crippen molar-refractivity contribution in [3.63, 3.8) is 0 Å². The number of ether oxygens (including phenoxy) is 1. The fourth-order valence-electron chi connectivity index (χ4n) is 7.11. The van der Waals surface area contributed by atoms with Crippen LogP contribution in [0.25, 0.3) is 0 Å². The van der Waals surface area contributed by atoms with Crippen LogP contribution in [0.4, 0.5) is 10.1 Å². The topological polar surface area (TPSA) is 96.1 Å². The Bertz CT molecular complexity index is 1460. The molecule has 236 valence electrons. The summed E-state index contributed by atoms with van der Waals surface area (Å²) >= 11 is 8.73. The first-order valence-electron chi connectivity index (χ1n) is 15.1. The largest absolute Gasteiger partial charge is 0.490 e. The van der Waals surface area contributed by atoms with Crippen LogP contribution in [0.15, 0.2) is 48.3 Å². The molecular formula is C32H42ClFIN3O4S. The van der Waals surface area contributed by atoms with E-state index in [-0.39, 0.29) is 30.4 Å². The van der Waals surface area contributed by atoms with Gasteiger partial charge in [0.05, 0.1) is 30.2 Å². The minimum Gasteiger partial charge on any atom is -0.490 e. The van der Waals surface area contributed by atoms with Gasteiger partial charge in [-0.15, -0.1) is 0 Å². The lowest BCUT2D eigenvalue weighted by atomic mass is 9.70. The molecule has 3 N–H and O–H groups in total. The van der Waals surface area contributed by atoms with Gasteiger partial charge in [-0.2, -0.15) is 0 Å². The van der Waals surface area contributed by atoms with Gasteiger partial charge in [-0.05, 0) is 122 Å². The number of aryl methyl sites for hydroxylation is 1. The highest BCUT2D eigenvalue weighted by atomic mass is 127. The number of likely N-dealkylation sites (tertiary alicyclic amines) is 1. The van der Waals surface area contributed by atoms with Gasteiger partial charge in [0.1, 0.15) is 11.6 Å². The summed E-state index contributed by atoms with van der Waals surface area (Å²) in [5.74, 6) is 0.0761. The molecule has 3 aliphatic rings. The van der Waals surface area contributed by atoms with Gasteiger partial charge in [0.15, 0.2) is 0 Å². The maximum absolute atomic E-state index is 15.7. The van der Waals surface area contributed by atoms with E-state index in [1.165, 1.54) is 17.2 Å². The summed E-state index contributed by atoms with van der Waals surface area (Å²) in [6, 6.07) is 11.7. The number of primary sulfonamides is 1. The predicted molar refractivity (Wildman–Crippen MR) is 179 cm³/mol. The zero-order valence-corrected chi connectivity index (χ0v) is 28.5. The monoisotopic (exact) mass is 745 g/mol. The Morgan fingerprint density at radius 2 is 2.07 bits per heavy atom. The van der Waals surface area contributed by atoms with E-state index in [9.17, 15) is 13.5 Å². The van der Waals surface area contributed by atoms with E-state index in [0.717, 1.165) is 58.7 Å². The zero-order chi connectivity index (χ0) is 30.9. The Labute approximate surface area is 273 Å². The summed E-state index contributed by atoms with van der Waals surface area (Å²) in [6.45, 7) is 5.63. The lowest BCUT2D eigenvalue weighted by Gasteiger charge is -2.42. The summed E-state index contributed by atoms with van der Waals surface area (Å²) in [5.41, 5.74) is 3.41. The SMILES string of the molecule is C[C@H]([C@@H](C)C/C=C(\F)[C@H](CO)N1CCC[C@H]1CN1C[C@@]2(CCCc3cc(Cl)ccc32)COc2ccc(I)cc21)S(N)(=O)=O. The van der Waals surface area contributed by atoms with Gasteiger partial charge in [-0.25, -0.2) is 17.9 Å². The number of allylic oxidation sites excluding steroid dienone is 1. The summed E-state index contributed by atoms with van der Waals surface area (Å²) in [7, 11) is -3.71. The first-order chi connectivity index (χ1) is 20.4. The van der Waals surface area contributed by atoms with Crippen LogP contribution in [0, 0.1) is 9.49 Å². The van der Waals surface area contributed by atoms with Crippen LogP contribution in [-0.4, -0.2) is 68.6 Å². The van der Waals surface area contributed by atoms with Crippen LogP contribution in [0.5, 0.6) is 5.75 Å². The van der Waals surface area contributed by atoms with Crippen molar-refractivity contribution in [2.75, 3.05) is 37.7 Å². The van der Waals surface area contributed by atoms with E-state index in [0.29, 0.717) is 19.7 Å². The molecule has 1 saturated heterocycles. The molecule has 5 rings (SSSR count). The number of rotatable bonds is 9. The molecule has 0 saturated carbocycles. The second-order valence-corrected chi connectivity index (χ2v) is 16.1. The summed E-state index contributed by atoms with van der Waals surface area (Å²) in [6.07, 6.45) is 6.50. The minimum absolute atomic E-state index is 0.0196. The molecule has 2 aliphatic heterocycles. The molecule has 2 aromatic rings. The molecule has 11 heteroatoms. The standard InChI is InChI=1S/C32H42ClFIN3O4S/c1-21(22(2)43(36,40)41)7-11-28(34)30(18-39)38-14-4-6-26(38)17-37-19-32(20-42-31-12-9-25(35)16-29(31)37)13-3-5-23-15-24(33)8-10-27(23)32/h8-12,15-16,21-22,26,30,39H,3-7,13-14,17-20H2,1-2H3,(H2,36,40,41)/b28-11-/t21-,22+,26-,30-,32-/m0/s1. The van der Waals surface area contributed by atoms with Crippen LogP contribution in [0.3, 0.4) is 0 Å². The third-order valence-corrected chi connectivity index (χ3v) is 12.2. The molecule has 0 aromatic heterocycles. The van der Waals surface area contributed by atoms with Crippen LogP contribution >= 0.6 is 34.2 Å². The van der Waals surface area contributed by atoms with Crippen molar-refractivity contribution in [1.29, 1.82) is 0 Å². The minimum atomic E-state index is -3.71. The second kappa shape index (κ2) is 13.5. The van der Waals surface area contributed by atoms with Crippen molar-refractivity contribution in [2.24, 2.45) is 11.1 Å². The molecular weight excluding hydrogens is 704 g/mol. The molecule has 0 radical (unpaired) electrons. The van der Waals surface area contributed by atoms with Crippen molar-refractivity contribution >= 4 is 49.9 Å². The number of aliphatic hydroxyl groups excluding tert-OH is 1. The van der Waals surface area contributed by atoms with E-state index in [1.54, 1.807) is 13.8 Å². The van der Waals surface area contributed by atoms with Crippen LogP contribution in [0.2, 0.25) is 5.02 Å². The van der Waals surface area contributed by atoms with E-state index < -0.39 is 27.1 Å². The third-order valence-electron chi connectivity index (χ3n) is 9.75. The third kappa shape index (κ3) is 7.19. The number of nitrogens with zero attached hydrogens (tertiary/aromatic N) is 2. The number of anilines is 1. The Morgan fingerprint density at radius 3 is 2.81 bits per heavy atom. The molecule has 2 heterocycles. The van der Waals surface area contributed by atoms with Crippen molar-refractivity contribution < 1.29 is 22.7 Å². The van der Waals surface area contributed by atoms with Gasteiger partial charge in [0, 0.05) is 33.1 Å². The smallest absolute Gasteiger partial charge is 0.211 e. The Kier molecular flexibility index (Phi) is 10.3. The number of benzene rings is 2. The molecule has 7 nitrogen and oxygen atoms in total. The van der Waals surface area contributed by atoms with E-state index in [2.05, 4.69) is 56.7 Å². The van der Waals surface area contributed by atoms with Gasteiger partial charge < -0.3 is 14.7 Å². The molecule has 0 amide bonds. The van der Waals surface area contributed by atoms with E-state index >= 15 is 4.39 Å². The summed E-state index contributed by atoms with van der Waals surface area (Å²) in [5, 5.41) is 15.6. The molecule has 1 aliphatic carbocycles. The van der Waals surface area contributed by atoms with Crippen molar-refractivity contribution in [3.8, 4) is 5.75 Å². The zero-order valence-electron chi connectivity index (χ0n) is 24.8. The lowest BCUT2D eigenvalue weighted by Crippen LogP contribution is -2.51. The Hall–Kier alpha value is -1.44. The fraction of sp³-hybridized carbons (Fsp3) is 0.562. The van der Waals surface area contributed by atoms with Crippen LogP contribution < -0.4 is 14.8 Å². The molecule has 2 aromatic carbocycles. The summed E-state index contributed by atoms with van der Waals surface area (Å²) < 4.78 is 46.9. The van der Waals surface area contributed by atoms with Crippen molar-refractivity contribution in [2.45, 2.75) is 75.1 Å². The summed E-state index contributed by atoms with van der Waals surface area (Å²) in [4.78, 5) is 4.50. The van der Waals surface area contributed by atoms with Gasteiger partial charge in [-0.1, -0.05) is 30.7 Å². The highest BCUT2D eigenvalue weighted by Crippen LogP contribution is 2.45. The number of aliphatic hydroxyl groups is 1. The first-order valence-corrected chi connectivity index (χ1v) is 18.2. The van der Waals surface area contributed by atoms with Crippen molar-refractivity contribution in [3.05, 3.63) is 68.0 Å². The molecule has 1 spiro atoms. The molecule has 1 fully saturated rings. The van der Waals surface area contributed by atoms with Crippen LogP contribution in [-0.2, 0) is 21.9 Å². The fourth-order valence-corrected chi connectivity index (χ4v) is 8.53. The van der Waals surface area contributed by atoms with Gasteiger partial charge in [-0.3, -0.25) is 4.90 Å². The average Bonchev–Trinajstić information content (AvgIpc) is 3.35. The quantitative estimate of drug-likeness (QED) is 0.316. The van der Waals surface area contributed by atoms with Crippen LogP contribution in [0.1, 0.15) is 57.1 Å². The highest BCUT2D eigenvalue weighted by molar-refractivity contribution is 14.1. The first kappa shape index (κ1) is 32.9. The maximum Gasteiger partial charge on any atom is 0.211 e. The average molecular weight is 746 g/mol. The highest BCUT2D eigenvalue weighted by Gasteiger charge is 2.43. The van der Waals surface area contributed by atoms with Crippen molar-refractivity contribution in [1.82, 2.24) is 4.90 Å². The van der Waals surface area contributed by atoms with E-state index in [1.807, 2.05) is 12.1 Å². The molecule has 5 atom stereocenters. The Balaban J connectivity index is 1.42. The van der Waals surface area contributed by atoms with E-state index in [4.69, 9.17) is 21.5 Å². The Morgan fingerprint density at radius 1 is 1.28 bits per heavy atom. The normalized spacial score (nSPS) is 25.0. The van der Waals surface area contributed by atoms with Gasteiger partial charge in [0.25, 0.3) is 0 Å². The number of hydrogen-bond acceptors (Lipinski definition) is 6. The second-order valence-electron chi connectivity index (χ2n) is 12.5. The van der Waals surface area contributed by atoms with Gasteiger partial charge in [0.2, 0.25) is 10.0 Å². The molecule has 43 heavy (non-hydrogen) atoms. The number of sulfonamides is 1.